The predicted octanol–water partition coefficient (Wildman–Crippen LogP) is 20.5. The van der Waals surface area contributed by atoms with Gasteiger partial charge in [0.2, 0.25) is 35.4 Å². The molecular weight excluding hydrogens is 1780 g/mol. The number of para-hydroxylation sites is 1. The van der Waals surface area contributed by atoms with Gasteiger partial charge in [0, 0.05) is 120 Å². The van der Waals surface area contributed by atoms with Crippen LogP contribution in [0.1, 0.15) is 245 Å². The van der Waals surface area contributed by atoms with E-state index in [1.165, 1.54) is 36.8 Å². The molecule has 10 N–H and O–H groups in total. The lowest BCUT2D eigenvalue weighted by Gasteiger charge is -2.29. The van der Waals surface area contributed by atoms with Crippen molar-refractivity contribution in [1.29, 1.82) is 0 Å². The zero-order chi connectivity index (χ0) is 103. The van der Waals surface area contributed by atoms with Crippen LogP contribution in [0.25, 0.3) is 0 Å². The fourth-order valence-corrected chi connectivity index (χ4v) is 13.7. The molecule has 0 aromatic heterocycles. The van der Waals surface area contributed by atoms with Crippen LogP contribution in [0.15, 0.2) is 244 Å². The predicted molar refractivity (Wildman–Crippen MR) is 550 cm³/mol. The molecule has 0 spiro atoms. The van der Waals surface area contributed by atoms with Crippen LogP contribution in [0.4, 0.5) is 20.1 Å². The molecule has 4 rings (SSSR count). The Kier molecular flexibility index (Phi) is 56.6. The van der Waals surface area contributed by atoms with E-state index in [1.807, 2.05) is 251 Å². The van der Waals surface area contributed by atoms with Gasteiger partial charge in [0.15, 0.2) is 12.6 Å². The number of benzene rings is 1. The van der Waals surface area contributed by atoms with Crippen molar-refractivity contribution < 1.29 is 86.6 Å². The zero-order valence-electron chi connectivity index (χ0n) is 85.9. The number of carbonyl (C=O) groups excluding carboxylic acids is 10. The molecule has 0 unspecified atom stereocenters. The van der Waals surface area contributed by atoms with E-state index in [-0.39, 0.29) is 89.9 Å². The van der Waals surface area contributed by atoms with Crippen LogP contribution in [0, 0.1) is 34.0 Å². The Hall–Kier alpha value is -10.9. The topological polar surface area (TPSA) is 366 Å². The van der Waals surface area contributed by atoms with Gasteiger partial charge >= 0.3 is 24.2 Å². The number of carbonyl (C=O) groups is 10. The number of aliphatic hydroxyl groups excluding tert-OH is 2. The molecule has 0 bridgehead atoms. The van der Waals surface area contributed by atoms with E-state index in [2.05, 4.69) is 54.7 Å². The molecule has 3 aliphatic heterocycles. The molecule has 0 radical (unpaired) electrons. The molecule has 27 nitrogen and oxygen atoms in total. The first-order valence-corrected chi connectivity index (χ1v) is 47.9. The number of hydrogen-bond acceptors (Lipinski definition) is 18. The largest absolute Gasteiger partial charge is 0.458 e. The normalized spacial score (nSPS) is 19.5. The van der Waals surface area contributed by atoms with Gasteiger partial charge < -0.3 is 81.2 Å². The minimum Gasteiger partial charge on any atom is -0.458 e. The Balaban J connectivity index is 0.000000698. The van der Waals surface area contributed by atoms with Crippen molar-refractivity contribution in [3.05, 3.63) is 244 Å². The number of amides is 9. The van der Waals surface area contributed by atoms with Crippen molar-refractivity contribution in [3.8, 4) is 0 Å². The molecule has 1 aromatic rings. The van der Waals surface area contributed by atoms with Gasteiger partial charge in [-0.1, -0.05) is 275 Å². The second kappa shape index (κ2) is 63.5. The van der Waals surface area contributed by atoms with Crippen LogP contribution >= 0.6 is 23.2 Å². The second-order valence-corrected chi connectivity index (χ2v) is 39.8. The number of esters is 1. The summed E-state index contributed by atoms with van der Waals surface area (Å²) in [6.45, 7) is 50.8. The highest BCUT2D eigenvalue weighted by molar-refractivity contribution is 6.29. The Morgan fingerprint density at radius 1 is 0.453 bits per heavy atom. The van der Waals surface area contributed by atoms with Crippen LogP contribution in [0.2, 0.25) is 0 Å². The summed E-state index contributed by atoms with van der Waals surface area (Å²) in [6, 6.07) is 6.68. The number of cyclic esters (lactones) is 1. The van der Waals surface area contributed by atoms with E-state index in [0.29, 0.717) is 60.6 Å². The molecule has 0 saturated carbocycles. The Labute approximate surface area is 826 Å². The van der Waals surface area contributed by atoms with E-state index in [9.17, 15) is 58.2 Å². The summed E-state index contributed by atoms with van der Waals surface area (Å²) >= 11 is 12.0. The fourth-order valence-electron chi connectivity index (χ4n) is 13.5. The molecule has 0 saturated heterocycles. The van der Waals surface area contributed by atoms with E-state index in [4.69, 9.17) is 51.6 Å². The van der Waals surface area contributed by atoms with Gasteiger partial charge in [0.05, 0.1) is 12.2 Å². The first-order chi connectivity index (χ1) is 64.1. The van der Waals surface area contributed by atoms with Crippen molar-refractivity contribution in [2.45, 2.75) is 330 Å². The van der Waals surface area contributed by atoms with Gasteiger partial charge in [-0.15, -0.1) is 0 Å². The van der Waals surface area contributed by atoms with E-state index in [0.717, 1.165) is 46.4 Å². The monoisotopic (exact) mass is 1940 g/mol. The lowest BCUT2D eigenvalue weighted by molar-refractivity contribution is -0.147. The third kappa shape index (κ3) is 52.4. The Morgan fingerprint density at radius 3 is 1.09 bits per heavy atom. The molecule has 758 valence electrons. The molecule has 0 fully saturated rings. The van der Waals surface area contributed by atoms with Crippen LogP contribution in [-0.2, 0) is 62.0 Å². The minimum absolute atomic E-state index is 0.0304. The van der Waals surface area contributed by atoms with E-state index in [1.54, 1.807) is 92.5 Å². The maximum Gasteiger partial charge on any atom is 0.414 e. The summed E-state index contributed by atoms with van der Waals surface area (Å²) < 4.78 is 33.7. The van der Waals surface area contributed by atoms with Gasteiger partial charge in [0.25, 0.3) is 0 Å². The van der Waals surface area contributed by atoms with Crippen molar-refractivity contribution in [2.24, 2.45) is 34.0 Å². The molecule has 1 aromatic carbocycles. The van der Waals surface area contributed by atoms with Crippen molar-refractivity contribution >= 4 is 88.6 Å². The number of hydrogen-bond donors (Lipinski definition) is 10. The average molecular weight is 1940 g/mol. The molecule has 9 amide bonds. The van der Waals surface area contributed by atoms with Gasteiger partial charge in [-0.3, -0.25) is 33.7 Å². The smallest absolute Gasteiger partial charge is 0.414 e. The number of halogens is 2. The number of aliphatic hydroxyl groups is 2. The van der Waals surface area contributed by atoms with Crippen LogP contribution in [-0.4, -0.2) is 155 Å². The summed E-state index contributed by atoms with van der Waals surface area (Å²) in [5.74, 6) is -2.35. The molecule has 137 heavy (non-hydrogen) atoms. The zero-order valence-corrected chi connectivity index (χ0v) is 87.4. The van der Waals surface area contributed by atoms with Crippen molar-refractivity contribution in [1.82, 2.24) is 42.5 Å². The third-order valence-corrected chi connectivity index (χ3v) is 21.6. The molecule has 3 heterocycles. The summed E-state index contributed by atoms with van der Waals surface area (Å²) in [4.78, 5) is 128. The SMILES string of the molecule is C/C=C\C[C@@H](C/C=C\NC(=O)[C@@H](NC(=O)\C=C/C=C\C(C)=C\[C@H](C)[C@@H]1CC=C(C)[C@H](O)O1)C(C)(C)C)OC(=O)NC(C)C.CC1=CC[C@@H]([C@@H](C)/C=C(C)/C=C\C=C/C(=O)N[C@H](C(=O)N/C=C\C[C@H](C/C=C(\C)Cl)OC(=O)N(c2ccccc2)C(C)C)C(C)(C)C)OC1=O.CC1=CC[C@@H]([C@@H](C)/C=C(C)/C=C\C=C/C(=O)N[C@H](C(=O)N/C=C\C[C@H](C/C=C(\C)Cl)OC(=O)NC(C)C)C(C)(C)C)O[C@H]1O. The minimum atomic E-state index is -0.860. The highest BCUT2D eigenvalue weighted by Crippen LogP contribution is 2.30. The van der Waals surface area contributed by atoms with Gasteiger partial charge in [-0.25, -0.2) is 19.2 Å². The van der Waals surface area contributed by atoms with E-state index >= 15 is 0 Å². The summed E-state index contributed by atoms with van der Waals surface area (Å²) in [5.41, 5.74) is 4.30. The number of ether oxygens (including phenoxy) is 6. The Morgan fingerprint density at radius 2 is 0.774 bits per heavy atom. The quantitative estimate of drug-likeness (QED) is 0.00954. The molecule has 29 heteroatoms. The third-order valence-electron chi connectivity index (χ3n) is 21.3. The number of alkyl carbamates (subject to hydrolysis) is 2. The summed E-state index contributed by atoms with van der Waals surface area (Å²) in [6.07, 6.45) is 48.6. The van der Waals surface area contributed by atoms with Crippen molar-refractivity contribution in [2.75, 3.05) is 4.90 Å². The van der Waals surface area contributed by atoms with Gasteiger partial charge in [0.1, 0.15) is 42.5 Å². The highest BCUT2D eigenvalue weighted by atomic mass is 35.5. The highest BCUT2D eigenvalue weighted by Gasteiger charge is 2.36. The van der Waals surface area contributed by atoms with Crippen LogP contribution in [0.5, 0.6) is 0 Å². The van der Waals surface area contributed by atoms with Crippen LogP contribution < -0.4 is 47.4 Å². The average Bonchev–Trinajstić information content (AvgIpc) is 0.863. The maximum absolute atomic E-state index is 13.2. The van der Waals surface area contributed by atoms with E-state index < -0.39 is 89.3 Å². The molecule has 14 atom stereocenters. The molecule has 3 aliphatic rings. The van der Waals surface area contributed by atoms with Gasteiger partial charge in [-0.2, -0.15) is 0 Å². The lowest BCUT2D eigenvalue weighted by Crippen LogP contribution is -2.52. The number of anilines is 1. The van der Waals surface area contributed by atoms with Crippen LogP contribution in [0.3, 0.4) is 0 Å². The molecule has 0 aliphatic carbocycles. The second-order valence-electron chi connectivity index (χ2n) is 38.6. The summed E-state index contributed by atoms with van der Waals surface area (Å²) in [7, 11) is 0. The van der Waals surface area contributed by atoms with Gasteiger partial charge in [-0.05, 0) is 175 Å². The standard InChI is InChI=1S/C40H54ClN3O6.C34H52ClN3O6.C34H53N3O6/c1-27(2)44(32-17-11-10-12-18-32)39(48)49-33(23-22-31(6)41)19-15-25-42-37(46)36(40(7,8)9)43-35(45)20-14-13-16-28(3)26-30(5)34-24-21-29(4)38(47)50-34;1-22(2)37-33(42)43-27(18-17-26(6)35)14-12-20-36-31(40)30(34(7,8)9)38-29(39)15-11-10-13-23(3)21-25(5)28-19-16-24(4)32(41)44-28;1-10-11-16-27(42-33(41)36-23(2)3)17-14-21-35-31(39)30(34(7,8)9)37-29(38)18-13-12-15-24(4)22-26(6)28-20-19-25(5)32(40)43-28/h10-18,20-22,25-27,30,33-34,36H,19,23-24H2,1-9H3,(H,42,46)(H,43,45);10-13,15-17,20-22,25,27-28,30,32,41H,14,18-19H2,1-9H3,(H,36,40)(H,37,42)(H,38,39);10-15,18-19,21-23,26-28,30,32,40H,16-17,20H2,1-9H3,(H,35,39)(H,36,41)(H,37,38)/b16-13-,20-14-,25-15-,28-26+,31-22+;13-10-,15-11-,20-12-,23-21+,26-17+;11-10-,15-12-,18-13-,21-14-,24-22+/t30-,33+,34-,36+;25-,27+,28-,30+,32+;26-,27-,28-,30+,32+/m000/s1. The lowest BCUT2D eigenvalue weighted by atomic mass is 9.86. The maximum atomic E-state index is 13.2. The van der Waals surface area contributed by atoms with Crippen molar-refractivity contribution in [3.63, 3.8) is 0 Å². The Bertz CT molecular complexity index is 4640. The number of nitrogens with one attached hydrogen (secondary N) is 8. The number of rotatable bonds is 43. The first kappa shape index (κ1) is 122. The number of nitrogens with zero attached hydrogens (tertiary/aromatic N) is 1. The molecular formula is C108H159Cl2N9O18. The number of allylic oxidation sites excluding steroid dienone is 15. The fraction of sp³-hybridized carbons (Fsp3) is 0.519. The summed E-state index contributed by atoms with van der Waals surface area (Å²) in [5, 5.41) is 43.1. The first-order valence-electron chi connectivity index (χ1n) is 47.1.